The third-order valence-electron chi connectivity index (χ3n) is 0.228. The summed E-state index contributed by atoms with van der Waals surface area (Å²) in [4.78, 5) is 9.82. The van der Waals surface area contributed by atoms with Gasteiger partial charge in [0.1, 0.15) is 0 Å². The maximum atomic E-state index is 9.82. The van der Waals surface area contributed by atoms with Crippen molar-refractivity contribution in [3.63, 3.8) is 0 Å². The molecule has 4 heteroatoms. The van der Waals surface area contributed by atoms with Crippen LogP contribution in [0.25, 0.3) is 0 Å². The van der Waals surface area contributed by atoms with E-state index >= 15 is 0 Å². The molecule has 7 heavy (non-hydrogen) atoms. The third kappa shape index (κ3) is 6.43. The summed E-state index contributed by atoms with van der Waals surface area (Å²) in [6.45, 7) is -0.848. The SMILES string of the molecule is [2H]CC([2H])(O[2H])C(=O)[O-].[Na+]. The van der Waals surface area contributed by atoms with Crippen LogP contribution < -0.4 is 34.7 Å². The molecule has 0 heterocycles. The molecule has 3 nitrogen and oxygen atoms in total. The molecule has 0 radical (unpaired) electrons. The first-order valence-corrected chi connectivity index (χ1v) is 1.22. The van der Waals surface area contributed by atoms with E-state index in [0.29, 0.717) is 0 Å². The second-order valence-corrected chi connectivity index (χ2v) is 0.711. The van der Waals surface area contributed by atoms with Crippen molar-refractivity contribution < 1.29 is 47.3 Å². The molecular weight excluding hydrogens is 107 g/mol. The molecule has 0 spiro atoms. The molecule has 0 aliphatic rings. The fourth-order valence-electron chi connectivity index (χ4n) is 0. The molecule has 0 rings (SSSR count). The van der Waals surface area contributed by atoms with Gasteiger partial charge in [-0.25, -0.2) is 0 Å². The number of carboxylic acid groups (broad SMARTS) is 1. The van der Waals surface area contributed by atoms with Crippen LogP contribution in [0.15, 0.2) is 0 Å². The molecule has 0 saturated carbocycles. The Bertz CT molecular complexity index is 116. The van der Waals surface area contributed by atoms with Gasteiger partial charge >= 0.3 is 29.6 Å². The number of hydrogen-bond acceptors (Lipinski definition) is 3. The van der Waals surface area contributed by atoms with E-state index in [1.165, 1.54) is 0 Å². The maximum absolute atomic E-state index is 9.82. The Morgan fingerprint density at radius 1 is 2.43 bits per heavy atom. The minimum atomic E-state index is -2.53. The molecule has 1 atom stereocenters. The van der Waals surface area contributed by atoms with Crippen LogP contribution in [0.3, 0.4) is 0 Å². The van der Waals surface area contributed by atoms with Gasteiger partial charge in [0.2, 0.25) is 1.43 Å². The number of rotatable bonds is 2. The predicted molar refractivity (Wildman–Crippen MR) is 16.7 cm³/mol. The smallest absolute Gasteiger partial charge is 0.547 e. The Morgan fingerprint density at radius 3 is 3.00 bits per heavy atom. The van der Waals surface area contributed by atoms with Crippen LogP contribution in [0.5, 0.6) is 0 Å². The van der Waals surface area contributed by atoms with Gasteiger partial charge in [0, 0.05) is 1.37 Å². The van der Waals surface area contributed by atoms with Crippen molar-refractivity contribution in [2.45, 2.75) is 13.0 Å². The number of carbonyl (C=O) groups excluding carboxylic acids is 1. The quantitative estimate of drug-likeness (QED) is 0.367. The Kier molecular flexibility index (Phi) is 2.83. The van der Waals surface area contributed by atoms with Crippen LogP contribution in [0.2, 0.25) is 0 Å². The van der Waals surface area contributed by atoms with Crippen LogP contribution in [-0.4, -0.2) is 18.6 Å². The van der Waals surface area contributed by atoms with E-state index in [0.717, 1.165) is 0 Å². The minimum absolute atomic E-state index is 0. The molecular formula is C3H5NaO3. The molecule has 0 aromatic rings. The van der Waals surface area contributed by atoms with Gasteiger partial charge in [-0.05, 0) is 6.90 Å². The van der Waals surface area contributed by atoms with Crippen molar-refractivity contribution in [3.8, 4) is 0 Å². The molecule has 1 N–H and O–H groups in total. The van der Waals surface area contributed by atoms with E-state index in [1.807, 2.05) is 0 Å². The maximum Gasteiger partial charge on any atom is 1.00 e. The van der Waals surface area contributed by atoms with Crippen LogP contribution in [0, 0.1) is 0 Å². The molecule has 0 aliphatic carbocycles. The predicted octanol–water partition coefficient (Wildman–Crippen LogP) is -4.88. The molecule has 0 amide bonds. The molecule has 0 aliphatic heterocycles. The minimum Gasteiger partial charge on any atom is -0.547 e. The zero-order valence-electron chi connectivity index (χ0n) is 6.93. The van der Waals surface area contributed by atoms with Gasteiger partial charge in [0.05, 0.1) is 13.4 Å². The molecule has 0 saturated heterocycles. The average molecular weight is 115 g/mol. The Balaban J connectivity index is 0. The van der Waals surface area contributed by atoms with Gasteiger partial charge in [-0.15, -0.1) is 0 Å². The summed E-state index contributed by atoms with van der Waals surface area (Å²) in [6, 6.07) is 0. The van der Waals surface area contributed by atoms with E-state index in [9.17, 15) is 9.90 Å². The monoisotopic (exact) mass is 115 g/mol. The van der Waals surface area contributed by atoms with Crippen molar-refractivity contribution >= 4 is 5.97 Å². The fraction of sp³-hybridized carbons (Fsp3) is 0.667. The summed E-state index contributed by atoms with van der Waals surface area (Å²) in [6.07, 6.45) is -2.53. The Labute approximate surface area is 67.9 Å². The summed E-state index contributed by atoms with van der Waals surface area (Å²) >= 11 is 0. The topological polar surface area (TPSA) is 60.4 Å². The van der Waals surface area contributed by atoms with Crippen LogP contribution in [0.1, 0.15) is 9.64 Å². The number of carboxylic acids is 1. The van der Waals surface area contributed by atoms with Crippen LogP contribution >= 0.6 is 0 Å². The number of aliphatic carboxylic acids is 1. The van der Waals surface area contributed by atoms with Gasteiger partial charge in [-0.3, -0.25) is 0 Å². The number of hydrogen-bond donors (Lipinski definition) is 1. The van der Waals surface area contributed by atoms with Crippen molar-refractivity contribution in [3.05, 3.63) is 0 Å². The summed E-state index contributed by atoms with van der Waals surface area (Å²) in [5, 5.41) is 13.2. The molecule has 36 valence electrons. The van der Waals surface area contributed by atoms with E-state index in [-0.39, 0.29) is 29.6 Å². The van der Waals surface area contributed by atoms with E-state index in [2.05, 4.69) is 5.11 Å². The van der Waals surface area contributed by atoms with Crippen molar-refractivity contribution in [1.82, 2.24) is 0 Å². The zero-order valence-corrected chi connectivity index (χ0v) is 5.93. The average Bonchev–Trinajstić information content (AvgIpc) is 1.86. The molecule has 0 aromatic heterocycles. The van der Waals surface area contributed by atoms with E-state index in [1.54, 1.807) is 0 Å². The zero-order chi connectivity index (χ0) is 7.49. The molecule has 1 unspecified atom stereocenters. The van der Waals surface area contributed by atoms with Crippen molar-refractivity contribution in [1.29, 1.82) is 1.43 Å². The van der Waals surface area contributed by atoms with Gasteiger partial charge in [0.25, 0.3) is 0 Å². The van der Waals surface area contributed by atoms with Gasteiger partial charge in [-0.2, -0.15) is 0 Å². The first-order chi connectivity index (χ1) is 4.06. The number of carbonyl (C=O) groups is 1. The Morgan fingerprint density at radius 2 is 3.00 bits per heavy atom. The van der Waals surface area contributed by atoms with Crippen LogP contribution in [0.4, 0.5) is 0 Å². The summed E-state index contributed by atoms with van der Waals surface area (Å²) < 4.78 is 19.1. The van der Waals surface area contributed by atoms with E-state index in [4.69, 9.17) is 4.17 Å². The first kappa shape index (κ1) is 4.32. The second kappa shape index (κ2) is 4.59. The second-order valence-electron chi connectivity index (χ2n) is 0.711. The number of aliphatic hydroxyl groups is 1. The standard InChI is InChI=1S/C3H6O3.Na/c1-2(4)3(5)6;/h2,4H,1H3,(H,5,6);/q;+1/p-1/i1D,2D,4D;. The summed E-state index contributed by atoms with van der Waals surface area (Å²) in [7, 11) is 0. The third-order valence-corrected chi connectivity index (χ3v) is 0.228. The van der Waals surface area contributed by atoms with Gasteiger partial charge in [0.15, 0.2) is 0 Å². The molecule has 0 bridgehead atoms. The molecule has 0 aromatic carbocycles. The summed E-state index contributed by atoms with van der Waals surface area (Å²) in [5.74, 6) is -1.87. The van der Waals surface area contributed by atoms with Gasteiger partial charge < -0.3 is 15.0 Å². The molecule has 0 fully saturated rings. The van der Waals surface area contributed by atoms with Crippen molar-refractivity contribution in [2.75, 3.05) is 0 Å². The summed E-state index contributed by atoms with van der Waals surface area (Å²) in [5.41, 5.74) is 0. The van der Waals surface area contributed by atoms with E-state index < -0.39 is 18.9 Å². The Hall–Kier alpha value is 0.430. The normalized spacial score (nSPS) is 22.0. The first-order valence-electron chi connectivity index (χ1n) is 2.83. The van der Waals surface area contributed by atoms with Crippen LogP contribution in [-0.2, 0) is 4.79 Å². The van der Waals surface area contributed by atoms with Crippen molar-refractivity contribution in [2.24, 2.45) is 0 Å². The largest absolute Gasteiger partial charge is 1.00 e. The van der Waals surface area contributed by atoms with Gasteiger partial charge in [-0.1, -0.05) is 0 Å². The fourth-order valence-corrected chi connectivity index (χ4v) is 0.